The number of benzene rings is 2. The molecule has 1 heterocycles. The zero-order chi connectivity index (χ0) is 15.0. The van der Waals surface area contributed by atoms with Gasteiger partial charge in [-0.3, -0.25) is 4.79 Å². The smallest absolute Gasteiger partial charge is 0.336 e. The molecule has 0 radical (unpaired) electrons. The van der Waals surface area contributed by atoms with E-state index >= 15 is 0 Å². The van der Waals surface area contributed by atoms with Crippen molar-refractivity contribution in [2.75, 3.05) is 6.61 Å². The van der Waals surface area contributed by atoms with Crippen molar-refractivity contribution in [1.29, 1.82) is 0 Å². The van der Waals surface area contributed by atoms with Crippen LogP contribution in [0.2, 0.25) is 5.02 Å². The number of ketones is 1. The van der Waals surface area contributed by atoms with Gasteiger partial charge in [-0.05, 0) is 23.8 Å². The first-order valence-corrected chi connectivity index (χ1v) is 6.78. The van der Waals surface area contributed by atoms with Crippen molar-refractivity contribution < 1.29 is 19.4 Å². The summed E-state index contributed by atoms with van der Waals surface area (Å²) < 4.78 is 5.50. The van der Waals surface area contributed by atoms with E-state index in [9.17, 15) is 14.7 Å². The van der Waals surface area contributed by atoms with Gasteiger partial charge < -0.3 is 9.84 Å². The van der Waals surface area contributed by atoms with Crippen LogP contribution in [0.3, 0.4) is 0 Å². The number of halogens is 1. The number of carboxylic acid groups (broad SMARTS) is 1. The van der Waals surface area contributed by atoms with Gasteiger partial charge >= 0.3 is 5.97 Å². The van der Waals surface area contributed by atoms with Crippen LogP contribution in [0, 0.1) is 0 Å². The summed E-state index contributed by atoms with van der Waals surface area (Å²) >= 11 is 6.04. The highest BCUT2D eigenvalue weighted by Gasteiger charge is 2.25. The predicted molar refractivity (Wildman–Crippen MR) is 77.5 cm³/mol. The van der Waals surface area contributed by atoms with E-state index < -0.39 is 11.8 Å². The van der Waals surface area contributed by atoms with Gasteiger partial charge in [0.2, 0.25) is 0 Å². The van der Waals surface area contributed by atoms with Crippen molar-refractivity contribution >= 4 is 23.4 Å². The van der Waals surface area contributed by atoms with Gasteiger partial charge in [0.25, 0.3) is 0 Å². The number of hydrogen-bond donors (Lipinski definition) is 1. The van der Waals surface area contributed by atoms with E-state index in [1.54, 1.807) is 18.2 Å². The first-order valence-electron chi connectivity index (χ1n) is 6.40. The third kappa shape index (κ3) is 2.38. The number of carboxylic acids is 1. The van der Waals surface area contributed by atoms with Crippen LogP contribution in [-0.2, 0) is 6.42 Å². The summed E-state index contributed by atoms with van der Waals surface area (Å²) in [7, 11) is 0. The second kappa shape index (κ2) is 5.22. The Morgan fingerprint density at radius 1 is 1.10 bits per heavy atom. The van der Waals surface area contributed by atoms with Crippen LogP contribution in [0.4, 0.5) is 0 Å². The van der Waals surface area contributed by atoms with Crippen molar-refractivity contribution in [3.05, 3.63) is 63.7 Å². The quantitative estimate of drug-likeness (QED) is 0.884. The fourth-order valence-electron chi connectivity index (χ4n) is 2.45. The number of hydrogen-bond acceptors (Lipinski definition) is 3. The topological polar surface area (TPSA) is 63.6 Å². The van der Waals surface area contributed by atoms with Crippen LogP contribution >= 0.6 is 11.6 Å². The van der Waals surface area contributed by atoms with Crippen molar-refractivity contribution in [2.45, 2.75) is 6.42 Å². The largest absolute Gasteiger partial charge is 0.492 e. The van der Waals surface area contributed by atoms with Crippen LogP contribution in [0.25, 0.3) is 0 Å². The average molecular weight is 303 g/mol. The predicted octanol–water partition coefficient (Wildman–Crippen LogP) is 3.20. The average Bonchev–Trinajstić information content (AvgIpc) is 2.93. The lowest BCUT2D eigenvalue weighted by molar-refractivity contribution is 0.0692. The minimum atomic E-state index is -1.14. The molecule has 1 aliphatic rings. The summed E-state index contributed by atoms with van der Waals surface area (Å²) in [5, 5.41) is 9.64. The summed E-state index contributed by atoms with van der Waals surface area (Å²) in [6.45, 7) is 0.497. The maximum absolute atomic E-state index is 12.7. The third-order valence-corrected chi connectivity index (χ3v) is 3.61. The molecule has 1 N–H and O–H groups in total. The van der Waals surface area contributed by atoms with Crippen molar-refractivity contribution in [2.24, 2.45) is 0 Å². The minimum absolute atomic E-state index is 0.0331. The fraction of sp³-hybridized carbons (Fsp3) is 0.125. The van der Waals surface area contributed by atoms with Crippen molar-refractivity contribution in [1.82, 2.24) is 0 Å². The lowest BCUT2D eigenvalue weighted by Crippen LogP contribution is -2.10. The van der Waals surface area contributed by atoms with Gasteiger partial charge in [0.1, 0.15) is 5.75 Å². The number of aromatic carboxylic acids is 1. The van der Waals surface area contributed by atoms with Gasteiger partial charge in [0, 0.05) is 17.0 Å². The Labute approximate surface area is 125 Å². The molecule has 0 amide bonds. The molecule has 0 saturated heterocycles. The Morgan fingerprint density at radius 2 is 1.81 bits per heavy atom. The number of fused-ring (bicyclic) bond motifs is 1. The Balaban J connectivity index is 2.15. The SMILES string of the molecule is O=C(O)c1ccccc1C(=O)c1cc(Cl)cc2c1OCC2. The van der Waals surface area contributed by atoms with E-state index in [1.807, 2.05) is 0 Å². The number of carbonyl (C=O) groups is 2. The molecule has 0 aromatic heterocycles. The third-order valence-electron chi connectivity index (χ3n) is 3.40. The minimum Gasteiger partial charge on any atom is -0.492 e. The molecule has 0 fully saturated rings. The van der Waals surface area contributed by atoms with Crippen LogP contribution < -0.4 is 4.74 Å². The Morgan fingerprint density at radius 3 is 2.52 bits per heavy atom. The first-order chi connectivity index (χ1) is 10.1. The monoisotopic (exact) mass is 302 g/mol. The fourth-order valence-corrected chi connectivity index (χ4v) is 2.69. The van der Waals surface area contributed by atoms with E-state index in [-0.39, 0.29) is 11.1 Å². The number of ether oxygens (including phenoxy) is 1. The molecule has 3 rings (SSSR count). The maximum Gasteiger partial charge on any atom is 0.336 e. The lowest BCUT2D eigenvalue weighted by Gasteiger charge is -2.10. The molecule has 2 aromatic carbocycles. The van der Waals surface area contributed by atoms with E-state index in [4.69, 9.17) is 16.3 Å². The van der Waals surface area contributed by atoms with Crippen LogP contribution in [0.1, 0.15) is 31.8 Å². The maximum atomic E-state index is 12.7. The van der Waals surface area contributed by atoms with E-state index in [0.717, 1.165) is 5.56 Å². The second-order valence-corrected chi connectivity index (χ2v) is 5.16. The van der Waals surface area contributed by atoms with Gasteiger partial charge in [-0.1, -0.05) is 29.8 Å². The summed E-state index contributed by atoms with van der Waals surface area (Å²) in [5.41, 5.74) is 1.28. The highest BCUT2D eigenvalue weighted by Crippen LogP contribution is 2.34. The van der Waals surface area contributed by atoms with E-state index in [0.29, 0.717) is 29.4 Å². The summed E-state index contributed by atoms with van der Waals surface area (Å²) in [4.78, 5) is 23.9. The van der Waals surface area contributed by atoms with Gasteiger partial charge in [-0.15, -0.1) is 0 Å². The molecule has 0 bridgehead atoms. The molecule has 0 aliphatic carbocycles. The molecule has 0 spiro atoms. The molecule has 2 aromatic rings. The van der Waals surface area contributed by atoms with Crippen LogP contribution in [0.15, 0.2) is 36.4 Å². The molecular formula is C16H11ClO4. The van der Waals surface area contributed by atoms with E-state index in [2.05, 4.69) is 0 Å². The van der Waals surface area contributed by atoms with E-state index in [1.165, 1.54) is 18.2 Å². The normalized spacial score (nSPS) is 12.6. The van der Waals surface area contributed by atoms with Crippen molar-refractivity contribution in [3.63, 3.8) is 0 Å². The van der Waals surface area contributed by atoms with Gasteiger partial charge in [-0.2, -0.15) is 0 Å². The van der Waals surface area contributed by atoms with Gasteiger partial charge in [0.15, 0.2) is 5.78 Å². The molecule has 21 heavy (non-hydrogen) atoms. The molecule has 4 nitrogen and oxygen atoms in total. The van der Waals surface area contributed by atoms with Crippen LogP contribution in [0.5, 0.6) is 5.75 Å². The number of rotatable bonds is 3. The molecular weight excluding hydrogens is 292 g/mol. The summed E-state index contributed by atoms with van der Waals surface area (Å²) in [5.74, 6) is -1.03. The standard InChI is InChI=1S/C16H11ClO4/c17-10-7-9-5-6-21-15(9)13(8-10)14(18)11-3-1-2-4-12(11)16(19)20/h1-4,7-8H,5-6H2,(H,19,20). The molecule has 106 valence electrons. The number of carbonyl (C=O) groups excluding carboxylic acids is 1. The first kappa shape index (κ1) is 13.6. The highest BCUT2D eigenvalue weighted by atomic mass is 35.5. The van der Waals surface area contributed by atoms with Crippen molar-refractivity contribution in [3.8, 4) is 5.75 Å². The molecule has 1 aliphatic heterocycles. The van der Waals surface area contributed by atoms with Gasteiger partial charge in [0.05, 0.1) is 17.7 Å². The zero-order valence-corrected chi connectivity index (χ0v) is 11.7. The lowest BCUT2D eigenvalue weighted by atomic mass is 9.96. The van der Waals surface area contributed by atoms with Crippen LogP contribution in [-0.4, -0.2) is 23.5 Å². The molecule has 0 atom stereocenters. The van der Waals surface area contributed by atoms with Gasteiger partial charge in [-0.25, -0.2) is 4.79 Å². The summed E-state index contributed by atoms with van der Waals surface area (Å²) in [6.07, 6.45) is 0.691. The Hall–Kier alpha value is -2.33. The highest BCUT2D eigenvalue weighted by molar-refractivity contribution is 6.31. The Bertz CT molecular complexity index is 752. The molecule has 5 heteroatoms. The molecule has 0 saturated carbocycles. The molecule has 0 unspecified atom stereocenters. The Kier molecular flexibility index (Phi) is 3.39. The zero-order valence-electron chi connectivity index (χ0n) is 10.9. The summed E-state index contributed by atoms with van der Waals surface area (Å²) in [6, 6.07) is 9.40. The second-order valence-electron chi connectivity index (χ2n) is 4.72.